The van der Waals surface area contributed by atoms with Gasteiger partial charge in [-0.05, 0) is 0 Å². The quantitative estimate of drug-likeness (QED) is 0.365. The maximum Gasteiger partial charge on any atom is 0.251 e. The van der Waals surface area contributed by atoms with Gasteiger partial charge in [0.2, 0.25) is 0 Å². The minimum absolute atomic E-state index is 0.0987. The third-order valence-corrected chi connectivity index (χ3v) is 1.77. The molecule has 1 amide bonds. The van der Waals surface area contributed by atoms with E-state index in [0.717, 1.165) is 4.90 Å². The van der Waals surface area contributed by atoms with Crippen LogP contribution in [0.3, 0.4) is 0 Å². The molecule has 0 unspecified atom stereocenters. The second kappa shape index (κ2) is 5.69. The molecule has 0 aliphatic heterocycles. The van der Waals surface area contributed by atoms with Crippen molar-refractivity contribution in [3.8, 4) is 0 Å². The maximum atomic E-state index is 11.3. The van der Waals surface area contributed by atoms with E-state index in [2.05, 4.69) is 6.58 Å². The molecule has 0 heterocycles. The Balaban J connectivity index is 4.32. The Labute approximate surface area is 76.9 Å². The predicted molar refractivity (Wildman–Crippen MR) is 46.7 cm³/mol. The number of aliphatic hydroxyl groups excluding tert-OH is 3. The van der Waals surface area contributed by atoms with E-state index in [4.69, 9.17) is 15.3 Å². The molecule has 13 heavy (non-hydrogen) atoms. The van der Waals surface area contributed by atoms with Crippen molar-refractivity contribution in [1.29, 1.82) is 0 Å². The lowest BCUT2D eigenvalue weighted by Crippen LogP contribution is -2.32. The number of amides is 1. The fourth-order valence-corrected chi connectivity index (χ4v) is 0.762. The fourth-order valence-electron chi connectivity index (χ4n) is 0.762. The normalized spacial score (nSPS) is 10.2. The summed E-state index contributed by atoms with van der Waals surface area (Å²) >= 11 is 0. The Bertz CT molecular complexity index is 189. The van der Waals surface area contributed by atoms with Gasteiger partial charge in [0, 0.05) is 18.5 Å². The van der Waals surface area contributed by atoms with Crippen LogP contribution >= 0.6 is 0 Å². The van der Waals surface area contributed by atoms with Crippen molar-refractivity contribution in [2.24, 2.45) is 5.92 Å². The first-order valence-electron chi connectivity index (χ1n) is 3.85. The van der Waals surface area contributed by atoms with Gasteiger partial charge in [-0.15, -0.1) is 0 Å². The molecule has 0 atom stereocenters. The molecule has 76 valence electrons. The molecule has 3 N–H and O–H groups in total. The SMILES string of the molecule is C=C(C(=O)N(C)CO)C(CO)CO. The molecule has 5 heteroatoms. The highest BCUT2D eigenvalue weighted by Gasteiger charge is 2.19. The van der Waals surface area contributed by atoms with Gasteiger partial charge in [0.15, 0.2) is 0 Å². The minimum Gasteiger partial charge on any atom is -0.396 e. The topological polar surface area (TPSA) is 81.0 Å². The summed E-state index contributed by atoms with van der Waals surface area (Å²) in [5, 5.41) is 26.1. The average Bonchev–Trinajstić information content (AvgIpc) is 2.17. The molecule has 0 spiro atoms. The summed E-state index contributed by atoms with van der Waals surface area (Å²) < 4.78 is 0. The highest BCUT2D eigenvalue weighted by molar-refractivity contribution is 5.93. The smallest absolute Gasteiger partial charge is 0.251 e. The van der Waals surface area contributed by atoms with Crippen LogP contribution in [0.1, 0.15) is 0 Å². The Morgan fingerprint density at radius 3 is 2.15 bits per heavy atom. The van der Waals surface area contributed by atoms with Gasteiger partial charge >= 0.3 is 0 Å². The number of likely N-dealkylation sites (N-methyl/N-ethyl adjacent to an activating group) is 1. The third-order valence-electron chi connectivity index (χ3n) is 1.77. The van der Waals surface area contributed by atoms with E-state index in [0.29, 0.717) is 0 Å². The molecule has 5 nitrogen and oxygen atoms in total. The van der Waals surface area contributed by atoms with Crippen LogP contribution in [0.4, 0.5) is 0 Å². The zero-order valence-electron chi connectivity index (χ0n) is 7.60. The van der Waals surface area contributed by atoms with Gasteiger partial charge in [-0.2, -0.15) is 0 Å². The molecular formula is C8H15NO4. The first-order chi connectivity index (χ1) is 6.08. The van der Waals surface area contributed by atoms with E-state index < -0.39 is 18.6 Å². The van der Waals surface area contributed by atoms with E-state index in [1.165, 1.54) is 7.05 Å². The number of rotatable bonds is 5. The number of carbonyl (C=O) groups is 1. The summed E-state index contributed by atoms with van der Waals surface area (Å²) in [6, 6.07) is 0. The van der Waals surface area contributed by atoms with Gasteiger partial charge in [0.05, 0.1) is 13.2 Å². The van der Waals surface area contributed by atoms with Gasteiger partial charge < -0.3 is 20.2 Å². The summed E-state index contributed by atoms with van der Waals surface area (Å²) in [5.74, 6) is -1.13. The molecule has 0 bridgehead atoms. The molecule has 0 aliphatic rings. The number of hydrogen-bond acceptors (Lipinski definition) is 4. The van der Waals surface area contributed by atoms with Crippen LogP contribution in [0.2, 0.25) is 0 Å². The second-order valence-corrected chi connectivity index (χ2v) is 2.73. The lowest BCUT2D eigenvalue weighted by Gasteiger charge is -2.19. The summed E-state index contributed by atoms with van der Waals surface area (Å²) in [5.41, 5.74) is 0.0987. The Kier molecular flexibility index (Phi) is 5.29. The van der Waals surface area contributed by atoms with Crippen LogP contribution in [0.15, 0.2) is 12.2 Å². The van der Waals surface area contributed by atoms with Gasteiger partial charge in [-0.1, -0.05) is 6.58 Å². The van der Waals surface area contributed by atoms with Crippen LogP contribution in [0.25, 0.3) is 0 Å². The van der Waals surface area contributed by atoms with Gasteiger partial charge in [-0.3, -0.25) is 4.79 Å². The zero-order chi connectivity index (χ0) is 10.4. The first kappa shape index (κ1) is 12.1. The molecule has 0 rings (SSSR count). The Morgan fingerprint density at radius 2 is 1.85 bits per heavy atom. The molecule has 0 fully saturated rings. The standard InChI is InChI=1S/C8H15NO4/c1-6(7(3-10)4-11)8(13)9(2)5-12/h7,10-12H,1,3-5H2,2H3. The van der Waals surface area contributed by atoms with Crippen molar-refractivity contribution in [3.05, 3.63) is 12.2 Å². The fraction of sp³-hybridized carbons (Fsp3) is 0.625. The summed E-state index contributed by atoms with van der Waals surface area (Å²) in [4.78, 5) is 12.3. The molecule has 0 radical (unpaired) electrons. The zero-order valence-corrected chi connectivity index (χ0v) is 7.60. The lowest BCUT2D eigenvalue weighted by molar-refractivity contribution is -0.129. The summed E-state index contributed by atoms with van der Waals surface area (Å²) in [6.07, 6.45) is 0. The Morgan fingerprint density at radius 1 is 1.38 bits per heavy atom. The highest BCUT2D eigenvalue weighted by atomic mass is 16.3. The maximum absolute atomic E-state index is 11.3. The highest BCUT2D eigenvalue weighted by Crippen LogP contribution is 2.09. The van der Waals surface area contributed by atoms with Crippen LogP contribution in [0.5, 0.6) is 0 Å². The molecule has 0 aromatic carbocycles. The Hall–Kier alpha value is -0.910. The van der Waals surface area contributed by atoms with Gasteiger partial charge in [0.1, 0.15) is 6.73 Å². The number of hydrogen-bond donors (Lipinski definition) is 3. The van der Waals surface area contributed by atoms with Gasteiger partial charge in [0.25, 0.3) is 5.91 Å². The third kappa shape index (κ3) is 3.14. The molecule has 0 saturated carbocycles. The van der Waals surface area contributed by atoms with Crippen molar-refractivity contribution in [2.45, 2.75) is 0 Å². The molecule has 0 aromatic heterocycles. The van der Waals surface area contributed by atoms with Gasteiger partial charge in [-0.25, -0.2) is 0 Å². The average molecular weight is 189 g/mol. The van der Waals surface area contributed by atoms with E-state index in [1.54, 1.807) is 0 Å². The molecule has 0 aliphatic carbocycles. The number of carbonyl (C=O) groups excluding carboxylic acids is 1. The van der Waals surface area contributed by atoms with E-state index in [9.17, 15) is 4.79 Å². The van der Waals surface area contributed by atoms with Crippen molar-refractivity contribution >= 4 is 5.91 Å². The van der Waals surface area contributed by atoms with E-state index >= 15 is 0 Å². The van der Waals surface area contributed by atoms with Crippen LogP contribution in [-0.4, -0.2) is 53.1 Å². The van der Waals surface area contributed by atoms with E-state index in [1.807, 2.05) is 0 Å². The van der Waals surface area contributed by atoms with Crippen LogP contribution < -0.4 is 0 Å². The summed E-state index contributed by atoms with van der Waals surface area (Å²) in [7, 11) is 1.40. The first-order valence-corrected chi connectivity index (χ1v) is 3.85. The van der Waals surface area contributed by atoms with Crippen LogP contribution in [0, 0.1) is 5.92 Å². The lowest BCUT2D eigenvalue weighted by atomic mass is 10.0. The molecule has 0 saturated heterocycles. The van der Waals surface area contributed by atoms with Crippen LogP contribution in [-0.2, 0) is 4.79 Å². The molecular weight excluding hydrogens is 174 g/mol. The molecule has 0 aromatic rings. The number of aliphatic hydroxyl groups is 3. The van der Waals surface area contributed by atoms with Crippen molar-refractivity contribution < 1.29 is 20.1 Å². The van der Waals surface area contributed by atoms with Crippen molar-refractivity contribution in [3.63, 3.8) is 0 Å². The predicted octanol–water partition coefficient (Wildman–Crippen LogP) is -1.45. The van der Waals surface area contributed by atoms with Crippen molar-refractivity contribution in [1.82, 2.24) is 4.90 Å². The van der Waals surface area contributed by atoms with E-state index in [-0.39, 0.29) is 18.8 Å². The van der Waals surface area contributed by atoms with Crippen molar-refractivity contribution in [2.75, 3.05) is 27.0 Å². The summed E-state index contributed by atoms with van der Waals surface area (Å²) in [6.45, 7) is 2.36. The largest absolute Gasteiger partial charge is 0.396 e. The monoisotopic (exact) mass is 189 g/mol. The second-order valence-electron chi connectivity index (χ2n) is 2.73. The minimum atomic E-state index is -0.651. The number of nitrogens with zero attached hydrogens (tertiary/aromatic N) is 1.